The van der Waals surface area contributed by atoms with Crippen molar-refractivity contribution in [2.75, 3.05) is 0 Å². The summed E-state index contributed by atoms with van der Waals surface area (Å²) in [6, 6.07) is 0. The van der Waals surface area contributed by atoms with Crippen molar-refractivity contribution in [2.24, 2.45) is 52.3 Å². The molecular formula is C35H63O3Si. The van der Waals surface area contributed by atoms with Crippen LogP contribution in [-0.2, 0) is 9.22 Å². The molecule has 0 aliphatic heterocycles. The van der Waals surface area contributed by atoms with Crippen LogP contribution in [0.3, 0.4) is 0 Å². The predicted octanol–water partition coefficient (Wildman–Crippen LogP) is 9.23. The Balaban J connectivity index is 1.47. The summed E-state index contributed by atoms with van der Waals surface area (Å²) >= 11 is 0. The Kier molecular flexibility index (Phi) is 9.34. The van der Waals surface area contributed by atoms with E-state index in [1.807, 2.05) is 13.8 Å². The van der Waals surface area contributed by atoms with Gasteiger partial charge in [0, 0.05) is 5.92 Å². The predicted molar refractivity (Wildman–Crippen MR) is 165 cm³/mol. The van der Waals surface area contributed by atoms with Gasteiger partial charge in [0.1, 0.15) is 6.29 Å². The van der Waals surface area contributed by atoms with Crippen molar-refractivity contribution in [1.29, 1.82) is 0 Å². The molecule has 0 bridgehead atoms. The molecule has 4 aliphatic carbocycles. The summed E-state index contributed by atoms with van der Waals surface area (Å²) in [5.41, 5.74) is 0.777. The third kappa shape index (κ3) is 6.15. The number of hydrogen-bond acceptors (Lipinski definition) is 3. The zero-order chi connectivity index (χ0) is 29.0. The maximum absolute atomic E-state index is 12.7. The standard InChI is InChI=1S/C35H63O3Si/c1-23(2)39(32(4,5)6)38-31-18-21-35(10)29(26(31)22-36)14-13-25-28-16-15-27(34(28,9)20-17-30(25)35)24(3)12-11-19-33(7,8)37/h22-31,37H,11-21H2,1-10H3/t24-,25+,26?,27-,28+,29+,30+,31+,34-,35+/m1/s1. The molecule has 4 heteroatoms. The summed E-state index contributed by atoms with van der Waals surface area (Å²) in [5, 5.41) is 10.4. The van der Waals surface area contributed by atoms with Crippen molar-refractivity contribution in [2.45, 2.75) is 162 Å². The van der Waals surface area contributed by atoms with Gasteiger partial charge in [-0.05, 0) is 129 Å². The minimum absolute atomic E-state index is 0.0752. The highest BCUT2D eigenvalue weighted by atomic mass is 28.3. The van der Waals surface area contributed by atoms with Crippen LogP contribution < -0.4 is 0 Å². The molecule has 4 aliphatic rings. The van der Waals surface area contributed by atoms with Gasteiger partial charge in [-0.2, -0.15) is 0 Å². The van der Waals surface area contributed by atoms with Gasteiger partial charge in [0.2, 0.25) is 9.04 Å². The number of aldehydes is 1. The van der Waals surface area contributed by atoms with Crippen LogP contribution in [0.25, 0.3) is 0 Å². The lowest BCUT2D eigenvalue weighted by atomic mass is 9.43. The Hall–Kier alpha value is -0.193. The maximum atomic E-state index is 12.7. The monoisotopic (exact) mass is 559 g/mol. The molecule has 0 saturated heterocycles. The number of carbonyl (C=O) groups is 1. The minimum Gasteiger partial charge on any atom is -0.412 e. The number of fused-ring (bicyclic) bond motifs is 5. The average Bonchev–Trinajstić information content (AvgIpc) is 3.17. The third-order valence-electron chi connectivity index (χ3n) is 12.7. The first-order valence-electron chi connectivity index (χ1n) is 16.7. The van der Waals surface area contributed by atoms with Crippen molar-refractivity contribution in [3.05, 3.63) is 0 Å². The lowest BCUT2D eigenvalue weighted by Crippen LogP contribution is -2.58. The van der Waals surface area contributed by atoms with Gasteiger partial charge in [-0.25, -0.2) is 0 Å². The van der Waals surface area contributed by atoms with Crippen molar-refractivity contribution in [1.82, 2.24) is 0 Å². The number of carbonyl (C=O) groups excluding carboxylic acids is 1. The fraction of sp³-hybridized carbons (Fsp3) is 0.971. The Bertz CT molecular complexity index is 842. The molecule has 10 atom stereocenters. The maximum Gasteiger partial charge on any atom is 0.220 e. The molecule has 4 rings (SSSR count). The van der Waals surface area contributed by atoms with E-state index in [1.165, 1.54) is 57.7 Å². The summed E-state index contributed by atoms with van der Waals surface area (Å²) in [4.78, 5) is 12.7. The molecule has 4 fully saturated rings. The fourth-order valence-corrected chi connectivity index (χ4v) is 14.0. The first kappa shape index (κ1) is 31.7. The summed E-state index contributed by atoms with van der Waals surface area (Å²) in [7, 11) is -1.02. The highest BCUT2D eigenvalue weighted by Gasteiger charge is 2.62. The summed E-state index contributed by atoms with van der Waals surface area (Å²) < 4.78 is 6.98. The molecule has 0 aromatic rings. The second-order valence-electron chi connectivity index (χ2n) is 17.2. The zero-order valence-corrected chi connectivity index (χ0v) is 28.3. The number of rotatable bonds is 9. The largest absolute Gasteiger partial charge is 0.412 e. The topological polar surface area (TPSA) is 46.5 Å². The molecule has 1 N–H and O–H groups in total. The van der Waals surface area contributed by atoms with E-state index in [2.05, 4.69) is 55.4 Å². The van der Waals surface area contributed by atoms with Gasteiger partial charge in [0.05, 0.1) is 11.7 Å². The van der Waals surface area contributed by atoms with E-state index in [-0.39, 0.29) is 17.1 Å². The van der Waals surface area contributed by atoms with Crippen molar-refractivity contribution in [3.63, 3.8) is 0 Å². The lowest BCUT2D eigenvalue weighted by molar-refractivity contribution is -0.155. The van der Waals surface area contributed by atoms with Gasteiger partial charge in [0.15, 0.2) is 0 Å². The molecule has 0 aromatic carbocycles. The summed E-state index contributed by atoms with van der Waals surface area (Å²) in [6.07, 6.45) is 15.1. The van der Waals surface area contributed by atoms with Crippen molar-refractivity contribution < 1.29 is 14.3 Å². The second-order valence-corrected chi connectivity index (χ2v) is 20.8. The van der Waals surface area contributed by atoms with E-state index in [4.69, 9.17) is 4.43 Å². The molecule has 4 saturated carbocycles. The summed E-state index contributed by atoms with van der Waals surface area (Å²) in [6.45, 7) is 23.3. The highest BCUT2D eigenvalue weighted by Crippen LogP contribution is 2.69. The SMILES string of the molecule is CC(C)[Si](O[C@H]1CC[C@@]2(C)[C@@H](CC[C@@H]3[C@@H]2CC[C@]2(C)[C@@H]([C@H](C)CCCC(C)(C)O)CC[C@@H]32)C1C=O)C(C)(C)C. The van der Waals surface area contributed by atoms with E-state index in [0.29, 0.717) is 22.3 Å². The van der Waals surface area contributed by atoms with Gasteiger partial charge < -0.3 is 14.3 Å². The van der Waals surface area contributed by atoms with Crippen LogP contribution in [0.15, 0.2) is 0 Å². The number of hydrogen-bond donors (Lipinski definition) is 1. The Morgan fingerprint density at radius 3 is 2.10 bits per heavy atom. The van der Waals surface area contributed by atoms with Gasteiger partial charge >= 0.3 is 0 Å². The van der Waals surface area contributed by atoms with E-state index >= 15 is 0 Å². The van der Waals surface area contributed by atoms with Crippen molar-refractivity contribution >= 4 is 15.3 Å². The van der Waals surface area contributed by atoms with E-state index in [1.54, 1.807) is 0 Å². The van der Waals surface area contributed by atoms with Crippen LogP contribution in [0.2, 0.25) is 10.6 Å². The van der Waals surface area contributed by atoms with E-state index in [0.717, 1.165) is 48.9 Å². The number of aliphatic hydroxyl groups is 1. The molecule has 0 amide bonds. The van der Waals surface area contributed by atoms with Crippen molar-refractivity contribution in [3.8, 4) is 0 Å². The van der Waals surface area contributed by atoms with Crippen LogP contribution in [0.5, 0.6) is 0 Å². The Morgan fingerprint density at radius 1 is 0.897 bits per heavy atom. The van der Waals surface area contributed by atoms with Gasteiger partial charge in [-0.15, -0.1) is 0 Å². The Morgan fingerprint density at radius 2 is 1.51 bits per heavy atom. The lowest BCUT2D eigenvalue weighted by Gasteiger charge is -2.62. The molecule has 39 heavy (non-hydrogen) atoms. The van der Waals surface area contributed by atoms with Crippen LogP contribution in [0.1, 0.15) is 140 Å². The van der Waals surface area contributed by atoms with Crippen LogP contribution in [-0.4, -0.2) is 32.1 Å². The smallest absolute Gasteiger partial charge is 0.220 e. The molecular weight excluding hydrogens is 496 g/mol. The molecule has 0 heterocycles. The van der Waals surface area contributed by atoms with E-state index < -0.39 is 14.6 Å². The van der Waals surface area contributed by atoms with Crippen LogP contribution in [0, 0.1) is 52.3 Å². The van der Waals surface area contributed by atoms with Crippen LogP contribution in [0.4, 0.5) is 0 Å². The Labute approximate surface area is 243 Å². The quantitative estimate of drug-likeness (QED) is 0.226. The molecule has 0 aromatic heterocycles. The normalized spacial score (nSPS) is 41.7. The minimum atomic E-state index is -1.02. The van der Waals surface area contributed by atoms with Gasteiger partial charge in [0.25, 0.3) is 0 Å². The second kappa shape index (κ2) is 11.5. The van der Waals surface area contributed by atoms with Crippen LogP contribution >= 0.6 is 0 Å². The molecule has 1 radical (unpaired) electrons. The van der Waals surface area contributed by atoms with Gasteiger partial charge in [-0.3, -0.25) is 0 Å². The third-order valence-corrected chi connectivity index (χ3v) is 15.8. The van der Waals surface area contributed by atoms with Gasteiger partial charge in [-0.1, -0.05) is 68.2 Å². The molecule has 1 unspecified atom stereocenters. The van der Waals surface area contributed by atoms with E-state index in [9.17, 15) is 9.90 Å². The fourth-order valence-electron chi connectivity index (χ4n) is 11.1. The zero-order valence-electron chi connectivity index (χ0n) is 27.3. The highest BCUT2D eigenvalue weighted by molar-refractivity contribution is 6.56. The molecule has 3 nitrogen and oxygen atoms in total. The molecule has 225 valence electrons. The average molecular weight is 560 g/mol. The first-order chi connectivity index (χ1) is 18.0. The summed E-state index contributed by atoms with van der Waals surface area (Å²) in [5.74, 6) is 4.62. The molecule has 0 spiro atoms. The first-order valence-corrected chi connectivity index (χ1v) is 18.2.